The number of aromatic amines is 1. The molecule has 0 fully saturated rings. The van der Waals surface area contributed by atoms with Crippen molar-refractivity contribution in [2.45, 2.75) is 31.7 Å². The van der Waals surface area contributed by atoms with Crippen LogP contribution in [0.5, 0.6) is 0 Å². The molecular weight excluding hydrogens is 322 g/mol. The zero-order chi connectivity index (χ0) is 16.4. The Labute approximate surface area is 146 Å². The molecular formula is C18H20ClN5. The van der Waals surface area contributed by atoms with Crippen LogP contribution in [0.15, 0.2) is 42.9 Å². The minimum atomic E-state index is 0.551. The van der Waals surface area contributed by atoms with Gasteiger partial charge in [-0.05, 0) is 48.9 Å². The molecule has 1 unspecified atom stereocenters. The summed E-state index contributed by atoms with van der Waals surface area (Å²) in [7, 11) is 0. The van der Waals surface area contributed by atoms with Crippen LogP contribution in [0.4, 0.5) is 0 Å². The van der Waals surface area contributed by atoms with Crippen molar-refractivity contribution < 1.29 is 0 Å². The number of aryl methyl sites for hydroxylation is 1. The number of nitrogens with one attached hydrogen (secondary N) is 2. The monoisotopic (exact) mass is 341 g/mol. The summed E-state index contributed by atoms with van der Waals surface area (Å²) < 4.78 is 1.86. The predicted octanol–water partition coefficient (Wildman–Crippen LogP) is 3.46. The van der Waals surface area contributed by atoms with Crippen LogP contribution in [0.3, 0.4) is 0 Å². The lowest BCUT2D eigenvalue weighted by atomic mass is 9.87. The normalized spacial score (nSPS) is 17.0. The van der Waals surface area contributed by atoms with Gasteiger partial charge in [-0.3, -0.25) is 5.10 Å². The van der Waals surface area contributed by atoms with Crippen LogP contribution in [0.2, 0.25) is 5.02 Å². The van der Waals surface area contributed by atoms with Crippen molar-refractivity contribution in [1.82, 2.24) is 25.3 Å². The number of nitrogens with zero attached hydrogens (tertiary/aromatic N) is 3. The summed E-state index contributed by atoms with van der Waals surface area (Å²) in [4.78, 5) is 0. The molecule has 0 spiro atoms. The molecule has 3 aromatic rings. The minimum absolute atomic E-state index is 0.551. The maximum Gasteiger partial charge on any atom is 0.0660 e. The predicted molar refractivity (Wildman–Crippen MR) is 94.5 cm³/mol. The third-order valence-electron chi connectivity index (χ3n) is 4.60. The molecule has 2 heterocycles. The van der Waals surface area contributed by atoms with Crippen LogP contribution in [0.25, 0.3) is 5.69 Å². The molecule has 0 bridgehead atoms. The Bertz CT molecular complexity index is 822. The van der Waals surface area contributed by atoms with Crippen molar-refractivity contribution in [3.05, 3.63) is 64.7 Å². The van der Waals surface area contributed by atoms with Gasteiger partial charge >= 0.3 is 0 Å². The van der Waals surface area contributed by atoms with Gasteiger partial charge in [-0.2, -0.15) is 10.2 Å². The van der Waals surface area contributed by atoms with E-state index >= 15 is 0 Å². The Balaban J connectivity index is 1.36. The molecule has 1 atom stereocenters. The third-order valence-corrected chi connectivity index (χ3v) is 4.83. The molecule has 1 aliphatic rings. The van der Waals surface area contributed by atoms with Crippen LogP contribution >= 0.6 is 11.6 Å². The van der Waals surface area contributed by atoms with E-state index in [4.69, 9.17) is 11.6 Å². The molecule has 124 valence electrons. The minimum Gasteiger partial charge on any atom is -0.312 e. The van der Waals surface area contributed by atoms with Crippen molar-refractivity contribution >= 4 is 11.6 Å². The van der Waals surface area contributed by atoms with E-state index in [-0.39, 0.29) is 0 Å². The standard InChI is InChI=1S/C18H20ClN5/c19-15-4-2-5-16(7-15)24-12-13(9-22-24)8-20-10-14-3-1-6-18-17(14)11-21-23-18/h2,4-5,7,9,11-12,14,20H,1,3,6,8,10H2,(H,21,23). The number of fused-ring (bicyclic) bond motifs is 1. The van der Waals surface area contributed by atoms with Crippen LogP contribution in [0, 0.1) is 0 Å². The largest absolute Gasteiger partial charge is 0.312 e. The van der Waals surface area contributed by atoms with E-state index < -0.39 is 0 Å². The fraction of sp³-hybridized carbons (Fsp3) is 0.333. The maximum atomic E-state index is 6.04. The highest BCUT2D eigenvalue weighted by molar-refractivity contribution is 6.30. The molecule has 0 amide bonds. The first-order chi connectivity index (χ1) is 11.8. The molecule has 0 radical (unpaired) electrons. The summed E-state index contributed by atoms with van der Waals surface area (Å²) in [5, 5.41) is 16.0. The highest BCUT2D eigenvalue weighted by Crippen LogP contribution is 2.29. The van der Waals surface area contributed by atoms with Gasteiger partial charge in [0.2, 0.25) is 0 Å². The zero-order valence-corrected chi connectivity index (χ0v) is 14.1. The number of rotatable bonds is 5. The number of halogens is 1. The Kier molecular flexibility index (Phi) is 4.36. The van der Waals surface area contributed by atoms with Gasteiger partial charge in [0, 0.05) is 35.6 Å². The fourth-order valence-electron chi connectivity index (χ4n) is 3.37. The van der Waals surface area contributed by atoms with Gasteiger partial charge in [-0.15, -0.1) is 0 Å². The van der Waals surface area contributed by atoms with Gasteiger partial charge in [-0.1, -0.05) is 17.7 Å². The van der Waals surface area contributed by atoms with Crippen molar-refractivity contribution in [3.8, 4) is 5.69 Å². The Morgan fingerprint density at radius 1 is 1.33 bits per heavy atom. The first-order valence-corrected chi connectivity index (χ1v) is 8.70. The van der Waals surface area contributed by atoms with Gasteiger partial charge in [0.25, 0.3) is 0 Å². The van der Waals surface area contributed by atoms with E-state index in [1.54, 1.807) is 0 Å². The van der Waals surface area contributed by atoms with Gasteiger partial charge in [0.05, 0.1) is 18.1 Å². The maximum absolute atomic E-state index is 6.04. The van der Waals surface area contributed by atoms with E-state index in [0.717, 1.165) is 30.2 Å². The van der Waals surface area contributed by atoms with Gasteiger partial charge in [0.1, 0.15) is 0 Å². The fourth-order valence-corrected chi connectivity index (χ4v) is 3.55. The first kappa shape index (κ1) is 15.4. The van der Waals surface area contributed by atoms with Crippen LogP contribution in [0.1, 0.15) is 35.6 Å². The van der Waals surface area contributed by atoms with E-state index in [0.29, 0.717) is 5.92 Å². The number of hydrogen-bond acceptors (Lipinski definition) is 3. The summed E-state index contributed by atoms with van der Waals surface area (Å²) in [5.41, 5.74) is 4.83. The average Bonchev–Trinajstić information content (AvgIpc) is 3.24. The Morgan fingerprint density at radius 3 is 3.21 bits per heavy atom. The van der Waals surface area contributed by atoms with E-state index in [9.17, 15) is 0 Å². The first-order valence-electron chi connectivity index (χ1n) is 8.32. The topological polar surface area (TPSA) is 58.5 Å². The molecule has 0 saturated carbocycles. The summed E-state index contributed by atoms with van der Waals surface area (Å²) in [5.74, 6) is 0.551. The summed E-state index contributed by atoms with van der Waals surface area (Å²) in [6.07, 6.45) is 9.51. The van der Waals surface area contributed by atoms with Crippen molar-refractivity contribution in [2.24, 2.45) is 0 Å². The quantitative estimate of drug-likeness (QED) is 0.747. The number of H-pyrrole nitrogens is 1. The van der Waals surface area contributed by atoms with E-state index in [2.05, 4.69) is 20.6 Å². The molecule has 2 aromatic heterocycles. The second kappa shape index (κ2) is 6.79. The second-order valence-electron chi connectivity index (χ2n) is 6.30. The highest BCUT2D eigenvalue weighted by atomic mass is 35.5. The molecule has 4 rings (SSSR count). The molecule has 5 nitrogen and oxygen atoms in total. The summed E-state index contributed by atoms with van der Waals surface area (Å²) >= 11 is 6.04. The van der Waals surface area contributed by atoms with E-state index in [1.165, 1.54) is 29.7 Å². The zero-order valence-electron chi connectivity index (χ0n) is 13.4. The molecule has 6 heteroatoms. The lowest BCUT2D eigenvalue weighted by molar-refractivity contribution is 0.505. The van der Waals surface area contributed by atoms with Crippen molar-refractivity contribution in [2.75, 3.05) is 6.54 Å². The smallest absolute Gasteiger partial charge is 0.0660 e. The van der Waals surface area contributed by atoms with Gasteiger partial charge in [-0.25, -0.2) is 4.68 Å². The van der Waals surface area contributed by atoms with Crippen LogP contribution < -0.4 is 5.32 Å². The lowest BCUT2D eigenvalue weighted by Crippen LogP contribution is -2.23. The molecule has 0 saturated heterocycles. The highest BCUT2D eigenvalue weighted by Gasteiger charge is 2.21. The molecule has 0 aliphatic heterocycles. The summed E-state index contributed by atoms with van der Waals surface area (Å²) in [6, 6.07) is 7.71. The molecule has 1 aliphatic carbocycles. The third kappa shape index (κ3) is 3.23. The van der Waals surface area contributed by atoms with E-state index in [1.807, 2.05) is 47.5 Å². The van der Waals surface area contributed by atoms with Gasteiger partial charge in [0.15, 0.2) is 0 Å². The van der Waals surface area contributed by atoms with Crippen LogP contribution in [-0.4, -0.2) is 26.5 Å². The van der Waals surface area contributed by atoms with Crippen molar-refractivity contribution in [1.29, 1.82) is 0 Å². The molecule has 24 heavy (non-hydrogen) atoms. The number of aromatic nitrogens is 4. The Hall–Kier alpha value is -2.11. The average molecular weight is 342 g/mol. The Morgan fingerprint density at radius 2 is 2.29 bits per heavy atom. The SMILES string of the molecule is Clc1cccc(-n2cc(CNCC3CCCc4[nH]ncc43)cn2)c1. The number of benzene rings is 1. The second-order valence-corrected chi connectivity index (χ2v) is 6.73. The van der Waals surface area contributed by atoms with Gasteiger partial charge < -0.3 is 5.32 Å². The molecule has 1 aromatic carbocycles. The number of hydrogen-bond donors (Lipinski definition) is 2. The van der Waals surface area contributed by atoms with Crippen molar-refractivity contribution in [3.63, 3.8) is 0 Å². The summed E-state index contributed by atoms with van der Waals surface area (Å²) in [6.45, 7) is 1.78. The molecule has 2 N–H and O–H groups in total. The lowest BCUT2D eigenvalue weighted by Gasteiger charge is -2.22. The van der Waals surface area contributed by atoms with Crippen LogP contribution in [-0.2, 0) is 13.0 Å².